The highest BCUT2D eigenvalue weighted by Crippen LogP contribution is 2.39. The predicted octanol–water partition coefficient (Wildman–Crippen LogP) is 4.02. The molecule has 7 heteroatoms. The first kappa shape index (κ1) is 17.4. The lowest BCUT2D eigenvalue weighted by molar-refractivity contribution is -0.116. The first-order valence-electron chi connectivity index (χ1n) is 8.45. The number of hydrogen-bond donors (Lipinski definition) is 1. The lowest BCUT2D eigenvalue weighted by Gasteiger charge is -2.24. The molecule has 1 aliphatic rings. The van der Waals surface area contributed by atoms with Crippen molar-refractivity contribution in [3.05, 3.63) is 65.1 Å². The Balaban J connectivity index is 1.81. The molecule has 0 aliphatic carbocycles. The van der Waals surface area contributed by atoms with Crippen molar-refractivity contribution in [3.63, 3.8) is 0 Å². The lowest BCUT2D eigenvalue weighted by atomic mass is 9.90. The zero-order valence-electron chi connectivity index (χ0n) is 14.9. The molecule has 2 heterocycles. The number of imidazole rings is 1. The fraction of sp³-hybridized carbons (Fsp3) is 0.200. The number of ether oxygens (including phenoxy) is 2. The minimum atomic E-state index is -0.128. The van der Waals surface area contributed by atoms with Crippen molar-refractivity contribution in [2.75, 3.05) is 19.5 Å². The molecule has 1 N–H and O–H groups in total. The van der Waals surface area contributed by atoms with Crippen molar-refractivity contribution in [1.29, 1.82) is 0 Å². The number of fused-ring (bicyclic) bond motifs is 1. The molecule has 4 rings (SSSR count). The Hall–Kier alpha value is -2.99. The molecule has 1 amide bonds. The van der Waals surface area contributed by atoms with E-state index in [2.05, 4.69) is 10.3 Å². The third-order valence-corrected chi connectivity index (χ3v) is 4.94. The number of aromatic nitrogens is 2. The van der Waals surface area contributed by atoms with E-state index in [0.717, 1.165) is 16.9 Å². The Labute approximate surface area is 161 Å². The topological polar surface area (TPSA) is 65.4 Å². The normalized spacial score (nSPS) is 15.8. The molecule has 2 aromatic carbocycles. The highest BCUT2D eigenvalue weighted by Gasteiger charge is 2.31. The van der Waals surface area contributed by atoms with Crippen LogP contribution in [0.5, 0.6) is 11.5 Å². The molecule has 0 spiro atoms. The fourth-order valence-corrected chi connectivity index (χ4v) is 3.47. The lowest BCUT2D eigenvalue weighted by Crippen LogP contribution is -2.25. The monoisotopic (exact) mass is 383 g/mol. The Bertz CT molecular complexity index is 998. The number of anilines is 1. The van der Waals surface area contributed by atoms with Gasteiger partial charge in [-0.25, -0.2) is 4.98 Å². The van der Waals surface area contributed by atoms with Crippen LogP contribution in [0.2, 0.25) is 5.02 Å². The Morgan fingerprint density at radius 3 is 2.63 bits per heavy atom. The van der Waals surface area contributed by atoms with Gasteiger partial charge >= 0.3 is 0 Å². The molecule has 0 bridgehead atoms. The molecular formula is C20H18ClN3O3. The maximum absolute atomic E-state index is 12.4. The Kier molecular flexibility index (Phi) is 4.49. The van der Waals surface area contributed by atoms with Crippen LogP contribution >= 0.6 is 11.6 Å². The Morgan fingerprint density at radius 2 is 1.93 bits per heavy atom. The van der Waals surface area contributed by atoms with E-state index >= 15 is 0 Å². The predicted molar refractivity (Wildman–Crippen MR) is 103 cm³/mol. The van der Waals surface area contributed by atoms with Crippen molar-refractivity contribution < 1.29 is 14.3 Å². The van der Waals surface area contributed by atoms with Gasteiger partial charge < -0.3 is 14.8 Å². The smallest absolute Gasteiger partial charge is 0.226 e. The van der Waals surface area contributed by atoms with Crippen LogP contribution in [0.3, 0.4) is 0 Å². The molecule has 27 heavy (non-hydrogen) atoms. The molecular weight excluding hydrogens is 366 g/mol. The largest absolute Gasteiger partial charge is 0.497 e. The number of halogens is 1. The Morgan fingerprint density at radius 1 is 1.15 bits per heavy atom. The van der Waals surface area contributed by atoms with Gasteiger partial charge in [0.15, 0.2) is 0 Å². The quantitative estimate of drug-likeness (QED) is 0.739. The van der Waals surface area contributed by atoms with Crippen LogP contribution in [-0.2, 0) is 4.79 Å². The van der Waals surface area contributed by atoms with Crippen LogP contribution in [0, 0.1) is 0 Å². The summed E-state index contributed by atoms with van der Waals surface area (Å²) in [5.41, 5.74) is 2.58. The van der Waals surface area contributed by atoms with E-state index in [4.69, 9.17) is 21.1 Å². The van der Waals surface area contributed by atoms with Gasteiger partial charge in [-0.2, -0.15) is 0 Å². The summed E-state index contributed by atoms with van der Waals surface area (Å²) in [5.74, 6) is 1.77. The number of methoxy groups -OCH3 is 2. The SMILES string of the molecule is COc1ccc(-n2cnc3c2NC(=O)CC3c2ccc(Cl)cc2)c(OC)c1. The maximum Gasteiger partial charge on any atom is 0.226 e. The standard InChI is InChI=1S/C20H18ClN3O3/c1-26-14-7-8-16(17(9-14)27-2)24-11-22-19-15(10-18(25)23-20(19)24)12-3-5-13(21)6-4-12/h3-9,11,15H,10H2,1-2H3,(H,23,25). The van der Waals surface area contributed by atoms with E-state index in [1.807, 2.05) is 41.0 Å². The third kappa shape index (κ3) is 3.13. The number of carbonyl (C=O) groups is 1. The van der Waals surface area contributed by atoms with Gasteiger partial charge in [0.25, 0.3) is 0 Å². The minimum absolute atomic E-state index is 0.0586. The number of benzene rings is 2. The summed E-state index contributed by atoms with van der Waals surface area (Å²) in [4.78, 5) is 17.0. The molecule has 0 saturated heterocycles. The summed E-state index contributed by atoms with van der Waals surface area (Å²) < 4.78 is 12.6. The van der Waals surface area contributed by atoms with Crippen molar-refractivity contribution in [2.24, 2.45) is 0 Å². The van der Waals surface area contributed by atoms with E-state index in [1.165, 1.54) is 0 Å². The zero-order chi connectivity index (χ0) is 19.0. The number of hydrogen-bond acceptors (Lipinski definition) is 4. The van der Waals surface area contributed by atoms with Crippen molar-refractivity contribution >= 4 is 23.3 Å². The molecule has 0 radical (unpaired) electrons. The second-order valence-corrected chi connectivity index (χ2v) is 6.68. The summed E-state index contributed by atoms with van der Waals surface area (Å²) in [5, 5.41) is 3.61. The van der Waals surface area contributed by atoms with Crippen LogP contribution in [0.4, 0.5) is 5.82 Å². The van der Waals surface area contributed by atoms with Crippen molar-refractivity contribution in [3.8, 4) is 17.2 Å². The summed E-state index contributed by atoms with van der Waals surface area (Å²) in [6.07, 6.45) is 2.04. The van der Waals surface area contributed by atoms with Crippen molar-refractivity contribution in [1.82, 2.24) is 9.55 Å². The summed E-state index contributed by atoms with van der Waals surface area (Å²) >= 11 is 6.00. The number of amides is 1. The van der Waals surface area contributed by atoms with Crippen LogP contribution in [-0.4, -0.2) is 29.7 Å². The van der Waals surface area contributed by atoms with E-state index in [-0.39, 0.29) is 11.8 Å². The number of rotatable bonds is 4. The zero-order valence-corrected chi connectivity index (χ0v) is 15.7. The molecule has 1 aliphatic heterocycles. The summed E-state index contributed by atoms with van der Waals surface area (Å²) in [7, 11) is 3.20. The van der Waals surface area contributed by atoms with Gasteiger partial charge in [0.05, 0.1) is 25.6 Å². The van der Waals surface area contributed by atoms with Crippen LogP contribution in [0.15, 0.2) is 48.8 Å². The van der Waals surface area contributed by atoms with E-state index in [9.17, 15) is 4.79 Å². The minimum Gasteiger partial charge on any atom is -0.497 e. The molecule has 6 nitrogen and oxygen atoms in total. The second kappa shape index (κ2) is 6.96. The van der Waals surface area contributed by atoms with Gasteiger partial charge in [-0.1, -0.05) is 23.7 Å². The van der Waals surface area contributed by atoms with Crippen LogP contribution < -0.4 is 14.8 Å². The molecule has 3 aromatic rings. The fourth-order valence-electron chi connectivity index (χ4n) is 3.34. The van der Waals surface area contributed by atoms with Gasteiger partial charge in [0.1, 0.15) is 23.6 Å². The summed E-state index contributed by atoms with van der Waals surface area (Å²) in [6, 6.07) is 13.0. The molecule has 1 unspecified atom stereocenters. The third-order valence-electron chi connectivity index (χ3n) is 4.69. The first-order valence-corrected chi connectivity index (χ1v) is 8.83. The average molecular weight is 384 g/mol. The second-order valence-electron chi connectivity index (χ2n) is 6.24. The number of nitrogens with one attached hydrogen (secondary N) is 1. The highest BCUT2D eigenvalue weighted by molar-refractivity contribution is 6.30. The maximum atomic E-state index is 12.4. The summed E-state index contributed by atoms with van der Waals surface area (Å²) in [6.45, 7) is 0. The highest BCUT2D eigenvalue weighted by atomic mass is 35.5. The number of nitrogens with zero attached hydrogens (tertiary/aromatic N) is 2. The average Bonchev–Trinajstić information content (AvgIpc) is 3.11. The van der Waals surface area contributed by atoms with Crippen molar-refractivity contribution in [2.45, 2.75) is 12.3 Å². The molecule has 1 atom stereocenters. The van der Waals surface area contributed by atoms with E-state index in [0.29, 0.717) is 28.8 Å². The van der Waals surface area contributed by atoms with Crippen LogP contribution in [0.25, 0.3) is 5.69 Å². The number of carbonyl (C=O) groups excluding carboxylic acids is 1. The molecule has 138 valence electrons. The molecule has 1 aromatic heterocycles. The van der Waals surface area contributed by atoms with Gasteiger partial charge in [0, 0.05) is 23.4 Å². The van der Waals surface area contributed by atoms with Gasteiger partial charge in [-0.3, -0.25) is 9.36 Å². The van der Waals surface area contributed by atoms with Crippen LogP contribution in [0.1, 0.15) is 23.6 Å². The van der Waals surface area contributed by atoms with Gasteiger partial charge in [0.2, 0.25) is 5.91 Å². The molecule has 0 fully saturated rings. The van der Waals surface area contributed by atoms with E-state index in [1.54, 1.807) is 26.6 Å². The van der Waals surface area contributed by atoms with Gasteiger partial charge in [-0.05, 0) is 29.8 Å². The first-order chi connectivity index (χ1) is 13.1. The molecule has 0 saturated carbocycles. The van der Waals surface area contributed by atoms with Gasteiger partial charge in [-0.15, -0.1) is 0 Å². The van der Waals surface area contributed by atoms with E-state index < -0.39 is 0 Å².